The van der Waals surface area contributed by atoms with Gasteiger partial charge in [-0.3, -0.25) is 9.88 Å². The van der Waals surface area contributed by atoms with Crippen LogP contribution >= 0.6 is 0 Å². The van der Waals surface area contributed by atoms with Gasteiger partial charge in [0.25, 0.3) is 0 Å². The molecule has 8 nitrogen and oxygen atoms in total. The third-order valence-electron chi connectivity index (χ3n) is 6.49. The number of piperazine rings is 1. The molecule has 0 spiro atoms. The van der Waals surface area contributed by atoms with Gasteiger partial charge in [-0.2, -0.15) is 0 Å². The Hall–Kier alpha value is -2.55. The third-order valence-corrected chi connectivity index (χ3v) is 6.49. The van der Waals surface area contributed by atoms with Gasteiger partial charge < -0.3 is 20.5 Å². The van der Waals surface area contributed by atoms with Crippen LogP contribution in [0.1, 0.15) is 49.7 Å². The smallest absolute Gasteiger partial charge is 0.179 e. The van der Waals surface area contributed by atoms with Gasteiger partial charge in [0.15, 0.2) is 5.65 Å². The van der Waals surface area contributed by atoms with Crippen molar-refractivity contribution in [3.05, 3.63) is 47.7 Å². The Kier molecular flexibility index (Phi) is 7.90. The Morgan fingerprint density at radius 3 is 2.64 bits per heavy atom. The van der Waals surface area contributed by atoms with Gasteiger partial charge in [0.1, 0.15) is 11.3 Å². The molecule has 0 atom stereocenters. The van der Waals surface area contributed by atoms with Crippen molar-refractivity contribution >= 4 is 16.9 Å². The Labute approximate surface area is 197 Å². The van der Waals surface area contributed by atoms with Crippen LogP contribution in [-0.2, 0) is 13.1 Å². The van der Waals surface area contributed by atoms with E-state index in [2.05, 4.69) is 57.7 Å². The fraction of sp³-hybridized carbons (Fsp3) is 0.560. The number of aromatic nitrogens is 4. The molecule has 0 aliphatic carbocycles. The fourth-order valence-electron chi connectivity index (χ4n) is 4.56. The summed E-state index contributed by atoms with van der Waals surface area (Å²) in [6.07, 6.45) is 5.85. The lowest BCUT2D eigenvalue weighted by molar-refractivity contribution is 0.242. The molecule has 178 valence electrons. The van der Waals surface area contributed by atoms with E-state index in [4.69, 9.17) is 15.7 Å². The zero-order chi connectivity index (χ0) is 23.2. The molecule has 0 radical (unpaired) electrons. The van der Waals surface area contributed by atoms with Crippen LogP contribution in [0, 0.1) is 0 Å². The molecule has 3 aromatic rings. The number of fused-ring (bicyclic) bond motifs is 1. The van der Waals surface area contributed by atoms with Gasteiger partial charge >= 0.3 is 0 Å². The number of pyridine rings is 2. The Morgan fingerprint density at radius 2 is 1.88 bits per heavy atom. The van der Waals surface area contributed by atoms with Gasteiger partial charge in [-0.05, 0) is 56.6 Å². The first-order valence-electron chi connectivity index (χ1n) is 12.2. The molecule has 0 bridgehead atoms. The summed E-state index contributed by atoms with van der Waals surface area (Å²) in [6.45, 7) is 11.8. The van der Waals surface area contributed by atoms with Gasteiger partial charge in [0.2, 0.25) is 0 Å². The summed E-state index contributed by atoms with van der Waals surface area (Å²) in [5, 5.41) is 0. The lowest BCUT2D eigenvalue weighted by atomic mass is 10.0. The highest BCUT2D eigenvalue weighted by atomic mass is 15.3. The van der Waals surface area contributed by atoms with Crippen molar-refractivity contribution in [2.75, 3.05) is 51.2 Å². The van der Waals surface area contributed by atoms with Crippen molar-refractivity contribution in [2.45, 2.75) is 45.7 Å². The normalized spacial score (nSPS) is 15.3. The van der Waals surface area contributed by atoms with Gasteiger partial charge in [0, 0.05) is 45.1 Å². The van der Waals surface area contributed by atoms with Crippen molar-refractivity contribution in [1.82, 2.24) is 29.7 Å². The Balaban J connectivity index is 1.55. The molecule has 0 amide bonds. The zero-order valence-electron chi connectivity index (χ0n) is 20.3. The predicted molar refractivity (Wildman–Crippen MR) is 134 cm³/mol. The van der Waals surface area contributed by atoms with Gasteiger partial charge in [-0.25, -0.2) is 9.97 Å². The van der Waals surface area contributed by atoms with E-state index in [0.717, 1.165) is 87.9 Å². The number of likely N-dealkylation sites (N-methyl/N-ethyl adjacent to an activating group) is 1. The second kappa shape index (κ2) is 11.0. The molecule has 0 saturated carbocycles. The van der Waals surface area contributed by atoms with Crippen molar-refractivity contribution in [1.29, 1.82) is 0 Å². The Bertz CT molecular complexity index is 1020. The molecule has 8 heteroatoms. The maximum Gasteiger partial charge on any atom is 0.179 e. The van der Waals surface area contributed by atoms with Crippen LogP contribution < -0.4 is 10.6 Å². The fourth-order valence-corrected chi connectivity index (χ4v) is 4.56. The minimum atomic E-state index is 0.445. The van der Waals surface area contributed by atoms with Gasteiger partial charge in [-0.1, -0.05) is 19.9 Å². The first-order valence-corrected chi connectivity index (χ1v) is 12.2. The van der Waals surface area contributed by atoms with E-state index in [0.29, 0.717) is 5.92 Å². The highest BCUT2D eigenvalue weighted by Gasteiger charge is 2.20. The average Bonchev–Trinajstić information content (AvgIpc) is 3.22. The highest BCUT2D eigenvalue weighted by Crippen LogP contribution is 2.25. The van der Waals surface area contributed by atoms with Crippen LogP contribution in [-0.4, -0.2) is 76.1 Å². The number of aromatic amines is 1. The summed E-state index contributed by atoms with van der Waals surface area (Å²) in [4.78, 5) is 25.0. The molecule has 3 N–H and O–H groups in total. The molecule has 0 unspecified atom stereocenters. The molecule has 33 heavy (non-hydrogen) atoms. The minimum Gasteiger partial charge on any atom is -0.367 e. The predicted octanol–water partition coefficient (Wildman–Crippen LogP) is 2.97. The van der Waals surface area contributed by atoms with Crippen LogP contribution in [0.25, 0.3) is 11.2 Å². The number of imidazole rings is 1. The molecule has 4 rings (SSSR count). The van der Waals surface area contributed by atoms with E-state index in [1.54, 1.807) is 0 Å². The number of rotatable bonds is 10. The number of nitrogens with two attached hydrogens (primary N) is 1. The number of hydrogen-bond donors (Lipinski definition) is 2. The molecule has 1 aliphatic heterocycles. The van der Waals surface area contributed by atoms with Crippen LogP contribution in [0.15, 0.2) is 30.6 Å². The van der Waals surface area contributed by atoms with Gasteiger partial charge in [0.05, 0.1) is 17.9 Å². The lowest BCUT2D eigenvalue weighted by Crippen LogP contribution is -2.44. The van der Waals surface area contributed by atoms with Crippen molar-refractivity contribution in [3.8, 4) is 0 Å². The summed E-state index contributed by atoms with van der Waals surface area (Å²) in [5.41, 5.74) is 11.3. The van der Waals surface area contributed by atoms with Crippen LogP contribution in [0.5, 0.6) is 0 Å². The first-order chi connectivity index (χ1) is 16.0. The molecule has 0 aromatic carbocycles. The third kappa shape index (κ3) is 5.88. The standard InChI is InChI=1S/C25H38N8/c1-19(2)20-7-6-10-27-21(20)17-32(12-5-4-9-26)18-23-29-24-22(8-11-28-25(24)30-23)33-15-13-31(3)14-16-33/h6-8,10-11,19H,4-5,9,12-18,26H2,1-3H3,(H,28,29,30). The molecule has 4 heterocycles. The van der Waals surface area contributed by atoms with E-state index >= 15 is 0 Å². The summed E-state index contributed by atoms with van der Waals surface area (Å²) >= 11 is 0. The van der Waals surface area contributed by atoms with E-state index in [-0.39, 0.29) is 0 Å². The number of nitrogens with one attached hydrogen (secondary N) is 1. The largest absolute Gasteiger partial charge is 0.367 e. The van der Waals surface area contributed by atoms with E-state index in [1.165, 1.54) is 11.3 Å². The van der Waals surface area contributed by atoms with E-state index in [1.807, 2.05) is 18.5 Å². The maximum atomic E-state index is 5.77. The number of H-pyrrole nitrogens is 1. The number of hydrogen-bond acceptors (Lipinski definition) is 7. The quantitative estimate of drug-likeness (QED) is 0.459. The van der Waals surface area contributed by atoms with Crippen LogP contribution in [0.4, 0.5) is 5.69 Å². The van der Waals surface area contributed by atoms with Crippen molar-refractivity contribution in [2.24, 2.45) is 5.73 Å². The van der Waals surface area contributed by atoms with E-state index < -0.39 is 0 Å². The molecule has 3 aromatic heterocycles. The zero-order valence-corrected chi connectivity index (χ0v) is 20.3. The lowest BCUT2D eigenvalue weighted by Gasteiger charge is -2.34. The molecule has 1 aliphatic rings. The first kappa shape index (κ1) is 23.6. The van der Waals surface area contributed by atoms with Gasteiger partial charge in [-0.15, -0.1) is 0 Å². The Morgan fingerprint density at radius 1 is 1.06 bits per heavy atom. The number of nitrogens with zero attached hydrogens (tertiary/aromatic N) is 6. The molecule has 1 fully saturated rings. The SMILES string of the molecule is CC(C)c1cccnc1CN(CCCCN)Cc1nc2nccc(N3CCN(C)CC3)c2[nH]1. The number of anilines is 1. The summed E-state index contributed by atoms with van der Waals surface area (Å²) in [5.74, 6) is 1.40. The summed E-state index contributed by atoms with van der Waals surface area (Å²) in [7, 11) is 2.18. The second-order valence-electron chi connectivity index (χ2n) is 9.40. The molecular formula is C25H38N8. The summed E-state index contributed by atoms with van der Waals surface area (Å²) in [6, 6.07) is 6.33. The highest BCUT2D eigenvalue weighted by molar-refractivity contribution is 5.86. The summed E-state index contributed by atoms with van der Waals surface area (Å²) < 4.78 is 0. The van der Waals surface area contributed by atoms with Crippen LogP contribution in [0.3, 0.4) is 0 Å². The molecular weight excluding hydrogens is 412 g/mol. The van der Waals surface area contributed by atoms with Crippen molar-refractivity contribution in [3.63, 3.8) is 0 Å². The maximum absolute atomic E-state index is 5.77. The van der Waals surface area contributed by atoms with Crippen LogP contribution in [0.2, 0.25) is 0 Å². The van der Waals surface area contributed by atoms with E-state index in [9.17, 15) is 0 Å². The van der Waals surface area contributed by atoms with Crippen molar-refractivity contribution < 1.29 is 0 Å². The minimum absolute atomic E-state index is 0.445. The number of unbranched alkanes of at least 4 members (excludes halogenated alkanes) is 1. The molecule has 1 saturated heterocycles. The monoisotopic (exact) mass is 450 g/mol. The average molecular weight is 451 g/mol. The topological polar surface area (TPSA) is 90.2 Å². The second-order valence-corrected chi connectivity index (χ2v) is 9.40.